The molecule has 4 N–H and O–H groups in total. The lowest BCUT2D eigenvalue weighted by molar-refractivity contribution is -0.154. The van der Waals surface area contributed by atoms with Crippen LogP contribution in [0.25, 0.3) is 0 Å². The van der Waals surface area contributed by atoms with Gasteiger partial charge in [-0.1, -0.05) is 44.2 Å². The van der Waals surface area contributed by atoms with E-state index in [9.17, 15) is 23.5 Å². The van der Waals surface area contributed by atoms with Crippen LogP contribution in [0.3, 0.4) is 0 Å². The van der Waals surface area contributed by atoms with Crippen LogP contribution in [0.2, 0.25) is 0 Å². The first-order valence-electron chi connectivity index (χ1n) is 7.86. The van der Waals surface area contributed by atoms with Crippen molar-refractivity contribution >= 4 is 11.9 Å². The summed E-state index contributed by atoms with van der Waals surface area (Å²) in [6, 6.07) is 5.30. The summed E-state index contributed by atoms with van der Waals surface area (Å²) in [5.74, 6) is -5.41. The van der Waals surface area contributed by atoms with Gasteiger partial charge in [-0.2, -0.15) is 0 Å². The van der Waals surface area contributed by atoms with Crippen LogP contribution in [0.1, 0.15) is 26.3 Å². The lowest BCUT2D eigenvalue weighted by Gasteiger charge is -2.34. The first-order chi connectivity index (χ1) is 11.6. The molecule has 1 rings (SSSR count). The Morgan fingerprint density at radius 2 is 1.84 bits per heavy atom. The van der Waals surface area contributed by atoms with E-state index < -0.39 is 41.9 Å². The van der Waals surface area contributed by atoms with E-state index in [1.54, 1.807) is 44.2 Å². The fraction of sp³-hybridized carbons (Fsp3) is 0.529. The van der Waals surface area contributed by atoms with Crippen LogP contribution < -0.4 is 11.1 Å². The molecule has 1 aromatic rings. The number of alkyl halides is 2. The van der Waals surface area contributed by atoms with Crippen molar-refractivity contribution in [1.82, 2.24) is 5.32 Å². The molecule has 0 aromatic heterocycles. The summed E-state index contributed by atoms with van der Waals surface area (Å²) in [5.41, 5.74) is 5.92. The molecule has 0 heterocycles. The van der Waals surface area contributed by atoms with Gasteiger partial charge in [-0.15, -0.1) is 0 Å². The number of hydrogen-bond donors (Lipinski definition) is 3. The van der Waals surface area contributed by atoms with E-state index in [2.05, 4.69) is 5.32 Å². The molecule has 0 saturated carbocycles. The molecule has 0 aliphatic carbocycles. The van der Waals surface area contributed by atoms with Crippen LogP contribution in [0.15, 0.2) is 30.3 Å². The van der Waals surface area contributed by atoms with Crippen LogP contribution >= 0.6 is 0 Å². The number of nitrogens with one attached hydrogen (secondary N) is 1. The minimum absolute atomic E-state index is 0.0447. The highest BCUT2D eigenvalue weighted by atomic mass is 19.3. The van der Waals surface area contributed by atoms with Crippen LogP contribution in [0, 0.1) is 5.92 Å². The Kier molecular flexibility index (Phi) is 7.44. The maximum atomic E-state index is 14.2. The lowest BCUT2D eigenvalue weighted by atomic mass is 9.90. The zero-order valence-corrected chi connectivity index (χ0v) is 14.4. The normalized spacial score (nSPS) is 15.4. The third-order valence-electron chi connectivity index (χ3n) is 3.80. The van der Waals surface area contributed by atoms with Crippen LogP contribution in [0.5, 0.6) is 0 Å². The van der Waals surface area contributed by atoms with Gasteiger partial charge < -0.3 is 20.9 Å². The number of nitrogens with two attached hydrogens (primary N) is 1. The second-order valence-electron chi connectivity index (χ2n) is 6.18. The van der Waals surface area contributed by atoms with E-state index in [1.165, 1.54) is 0 Å². The number of aliphatic hydroxyl groups is 1. The minimum atomic E-state index is -3.90. The lowest BCUT2D eigenvalue weighted by Crippen LogP contribution is -2.61. The number of Topliss-reactive ketones (excluding diaryl/α,β-unsaturated/α-hetero) is 1. The van der Waals surface area contributed by atoms with E-state index in [-0.39, 0.29) is 6.61 Å². The summed E-state index contributed by atoms with van der Waals surface area (Å²) < 4.78 is 33.3. The maximum absolute atomic E-state index is 14.2. The molecule has 6 nitrogen and oxygen atoms in total. The highest BCUT2D eigenvalue weighted by molar-refractivity contribution is 5.82. The quantitative estimate of drug-likeness (QED) is 0.658. The summed E-state index contributed by atoms with van der Waals surface area (Å²) in [6.45, 7) is 3.95. The molecule has 0 fully saturated rings. The zero-order valence-electron chi connectivity index (χ0n) is 14.4. The predicted octanol–water partition coefficient (Wildman–Crippen LogP) is 1.85. The molecule has 1 aromatic carbocycles. The van der Waals surface area contributed by atoms with Crippen LogP contribution in [-0.2, 0) is 16.1 Å². The van der Waals surface area contributed by atoms with Gasteiger partial charge in [0.1, 0.15) is 18.8 Å². The average Bonchev–Trinajstić information content (AvgIpc) is 2.56. The standard InChI is InChI=1S/C17H24F2N2O4/c1-10(2)13(15(23)17(18,19)14(20)11(3)22)21-16(24)25-9-12-7-5-4-6-8-12/h4-8,10,13-15,23H,9,20H2,1-3H3,(H,21,24). The third kappa shape index (κ3) is 5.75. The van der Waals surface area contributed by atoms with Crippen molar-refractivity contribution in [2.24, 2.45) is 11.7 Å². The van der Waals surface area contributed by atoms with Gasteiger partial charge in [-0.05, 0) is 18.4 Å². The highest BCUT2D eigenvalue weighted by Gasteiger charge is 2.51. The molecule has 0 aliphatic rings. The van der Waals surface area contributed by atoms with Gasteiger partial charge in [0.05, 0.1) is 6.04 Å². The predicted molar refractivity (Wildman–Crippen MR) is 88.0 cm³/mol. The molecule has 1 amide bonds. The molecule has 3 unspecified atom stereocenters. The van der Waals surface area contributed by atoms with Crippen LogP contribution in [-0.4, -0.2) is 41.1 Å². The number of benzene rings is 1. The highest BCUT2D eigenvalue weighted by Crippen LogP contribution is 2.27. The molecule has 3 atom stereocenters. The van der Waals surface area contributed by atoms with Crippen molar-refractivity contribution in [1.29, 1.82) is 0 Å². The summed E-state index contributed by atoms with van der Waals surface area (Å²) in [4.78, 5) is 23.0. The van der Waals surface area contributed by atoms with Gasteiger partial charge >= 0.3 is 6.09 Å². The summed E-state index contributed by atoms with van der Waals surface area (Å²) in [5, 5.41) is 12.2. The summed E-state index contributed by atoms with van der Waals surface area (Å²) >= 11 is 0. The van der Waals surface area contributed by atoms with Gasteiger partial charge in [0.15, 0.2) is 5.78 Å². The largest absolute Gasteiger partial charge is 0.445 e. The van der Waals surface area contributed by atoms with Gasteiger partial charge in [-0.25, -0.2) is 13.6 Å². The second-order valence-corrected chi connectivity index (χ2v) is 6.18. The molecule has 25 heavy (non-hydrogen) atoms. The fourth-order valence-electron chi connectivity index (χ4n) is 2.21. The van der Waals surface area contributed by atoms with Gasteiger partial charge in [0.2, 0.25) is 0 Å². The van der Waals surface area contributed by atoms with Crippen molar-refractivity contribution in [3.8, 4) is 0 Å². The number of halogens is 2. The molecule has 0 radical (unpaired) electrons. The summed E-state index contributed by atoms with van der Waals surface area (Å²) in [7, 11) is 0. The number of carbonyl (C=O) groups excluding carboxylic acids is 2. The maximum Gasteiger partial charge on any atom is 0.407 e. The van der Waals surface area contributed by atoms with E-state index in [0.717, 1.165) is 12.5 Å². The van der Waals surface area contributed by atoms with E-state index >= 15 is 0 Å². The van der Waals surface area contributed by atoms with Crippen LogP contribution in [0.4, 0.5) is 13.6 Å². The monoisotopic (exact) mass is 358 g/mol. The molecule has 8 heteroatoms. The number of alkyl carbamates (subject to hydrolysis) is 1. The van der Waals surface area contributed by atoms with Crippen molar-refractivity contribution < 1.29 is 28.2 Å². The first-order valence-corrected chi connectivity index (χ1v) is 7.86. The SMILES string of the molecule is CC(=O)C(N)C(F)(F)C(O)C(NC(=O)OCc1ccccc1)C(C)C. The first kappa shape index (κ1) is 21.0. The number of amides is 1. The molecule has 0 saturated heterocycles. The number of hydrogen-bond acceptors (Lipinski definition) is 5. The van der Waals surface area contributed by atoms with Gasteiger partial charge in [0, 0.05) is 0 Å². The minimum Gasteiger partial charge on any atom is -0.445 e. The Bertz CT molecular complexity index is 581. The van der Waals surface area contributed by atoms with Gasteiger partial charge in [-0.3, -0.25) is 4.79 Å². The Morgan fingerprint density at radius 1 is 1.28 bits per heavy atom. The van der Waals surface area contributed by atoms with E-state index in [1.807, 2.05) is 0 Å². The zero-order chi connectivity index (χ0) is 19.2. The Hall–Kier alpha value is -2.06. The van der Waals surface area contributed by atoms with E-state index in [4.69, 9.17) is 10.5 Å². The Morgan fingerprint density at radius 3 is 2.32 bits per heavy atom. The summed E-state index contributed by atoms with van der Waals surface area (Å²) in [6.07, 6.45) is -3.29. The topological polar surface area (TPSA) is 102 Å². The number of aliphatic hydroxyl groups excluding tert-OH is 1. The number of ether oxygens (including phenoxy) is 1. The van der Waals surface area contributed by atoms with Gasteiger partial charge in [0.25, 0.3) is 5.92 Å². The molecular formula is C17H24F2N2O4. The van der Waals surface area contributed by atoms with Crippen molar-refractivity contribution in [2.45, 2.75) is 51.5 Å². The third-order valence-corrected chi connectivity index (χ3v) is 3.80. The Labute approximate surface area is 145 Å². The molecule has 0 aliphatic heterocycles. The smallest absolute Gasteiger partial charge is 0.407 e. The average molecular weight is 358 g/mol. The van der Waals surface area contributed by atoms with E-state index in [0.29, 0.717) is 0 Å². The fourth-order valence-corrected chi connectivity index (χ4v) is 2.21. The molecule has 0 bridgehead atoms. The number of rotatable bonds is 8. The molecule has 140 valence electrons. The number of ketones is 1. The second kappa shape index (κ2) is 8.87. The molecular weight excluding hydrogens is 334 g/mol. The van der Waals surface area contributed by atoms with Crippen molar-refractivity contribution in [3.63, 3.8) is 0 Å². The van der Waals surface area contributed by atoms with Crippen molar-refractivity contribution in [2.75, 3.05) is 0 Å². The van der Waals surface area contributed by atoms with Crippen molar-refractivity contribution in [3.05, 3.63) is 35.9 Å². The number of carbonyl (C=O) groups is 2. The Balaban J connectivity index is 2.75. The molecule has 0 spiro atoms.